The number of carbonyl (C=O) groups is 4. The van der Waals surface area contributed by atoms with Crippen LogP contribution in [0.2, 0.25) is 0 Å². The van der Waals surface area contributed by atoms with Crippen LogP contribution in [0.15, 0.2) is 84.9 Å². The second-order valence-corrected chi connectivity index (χ2v) is 15.7. The van der Waals surface area contributed by atoms with Crippen LogP contribution in [0.3, 0.4) is 0 Å². The summed E-state index contributed by atoms with van der Waals surface area (Å²) in [6.07, 6.45) is 1.71. The Labute approximate surface area is 373 Å². The number of nitrogens with zero attached hydrogens (tertiary/aromatic N) is 1. The lowest BCUT2D eigenvalue weighted by molar-refractivity contribution is 0.0353. The first-order valence-corrected chi connectivity index (χ1v) is 21.1. The molecule has 0 bridgehead atoms. The molecule has 0 aliphatic heterocycles. The molecule has 8 N–H and O–H groups in total. The summed E-state index contributed by atoms with van der Waals surface area (Å²) < 4.78 is 17.8. The normalized spacial score (nSPS) is 13.1. The third-order valence-electron chi connectivity index (χ3n) is 11.4. The first-order chi connectivity index (χ1) is 31.0. The van der Waals surface area contributed by atoms with Crippen LogP contribution in [0.5, 0.6) is 51.7 Å². The van der Waals surface area contributed by atoms with E-state index in [0.29, 0.717) is 31.4 Å². The van der Waals surface area contributed by atoms with Gasteiger partial charge in [-0.3, -0.25) is 14.7 Å². The summed E-state index contributed by atoms with van der Waals surface area (Å²) in [7, 11) is 0. The van der Waals surface area contributed by atoms with Crippen LogP contribution in [0.25, 0.3) is 10.8 Å². The average molecular weight is 891 g/mol. The summed E-state index contributed by atoms with van der Waals surface area (Å²) in [5.74, 6) is -10.4. The maximum Gasteiger partial charge on any atom is 0.364 e. The Morgan fingerprint density at radius 1 is 0.600 bits per heavy atom. The molecular weight excluding hydrogens is 841 g/mol. The van der Waals surface area contributed by atoms with E-state index in [1.807, 2.05) is 42.5 Å². The summed E-state index contributed by atoms with van der Waals surface area (Å²) >= 11 is 0. The highest BCUT2D eigenvalue weighted by Crippen LogP contribution is 2.45. The fraction of sp³-hybridized carbons (Fsp3) is 0.286. The number of nitrogens with one attached hydrogen (secondary N) is 1. The SMILES string of the molecule is CCCC(CC)(Oc1cc(C(=O)O)cc(O)c1O)C(=O)c1cc(O)c(O)c(OC(CC)(CCC)C(=O)c2cc(O)c(O)c(OC(=O)c3cc(CCc4cccc5ccccc45)[nH]n3)c2)c1. The Balaban J connectivity index is 1.27. The van der Waals surface area contributed by atoms with Crippen LogP contribution in [0.4, 0.5) is 0 Å². The van der Waals surface area contributed by atoms with Crippen LogP contribution in [0.1, 0.15) is 119 Å². The minimum atomic E-state index is -1.85. The number of aromatic carboxylic acids is 1. The highest BCUT2D eigenvalue weighted by molar-refractivity contribution is 6.05. The number of esters is 1. The van der Waals surface area contributed by atoms with E-state index in [9.17, 15) is 54.9 Å². The number of fused-ring (bicyclic) bond motifs is 1. The van der Waals surface area contributed by atoms with Gasteiger partial charge < -0.3 is 50.0 Å². The predicted molar refractivity (Wildman–Crippen MR) is 237 cm³/mol. The van der Waals surface area contributed by atoms with E-state index < -0.39 is 92.0 Å². The Morgan fingerprint density at radius 2 is 1.09 bits per heavy atom. The molecule has 340 valence electrons. The number of carboxylic acids is 1. The number of phenolic OH excluding ortho intramolecular Hbond substituents is 6. The molecule has 0 spiro atoms. The zero-order chi connectivity index (χ0) is 47.2. The Morgan fingerprint density at radius 3 is 1.63 bits per heavy atom. The van der Waals surface area contributed by atoms with Gasteiger partial charge in [0.1, 0.15) is 0 Å². The van der Waals surface area contributed by atoms with Crippen LogP contribution < -0.4 is 14.2 Å². The molecule has 6 rings (SSSR count). The number of H-pyrrole nitrogens is 1. The van der Waals surface area contributed by atoms with Gasteiger partial charge >= 0.3 is 11.9 Å². The van der Waals surface area contributed by atoms with Gasteiger partial charge in [0.25, 0.3) is 0 Å². The van der Waals surface area contributed by atoms with Crippen molar-refractivity contribution in [1.29, 1.82) is 0 Å². The van der Waals surface area contributed by atoms with Crippen LogP contribution >= 0.6 is 0 Å². The molecule has 16 heteroatoms. The standard InChI is InChI=1S/C49H50N2O14/c1-5-18-48(7-3,64-39-24-30(21-36(53)42(39)56)45(59)49(8-4,19-6-2)65-40-25-31(46(60)61)22-37(54)43(40)57)44(58)29-20-35(52)41(55)38(23-29)63-47(62)34-26-32(50-51-34)17-16-28-14-11-13-27-12-9-10-15-33(27)28/h9-15,20-26,52-57H,5-8,16-19H2,1-4H3,(H,50,51)(H,60,61). The number of Topliss-reactive ketones (excluding diaryl/α,β-unsaturated/α-hetero) is 2. The minimum Gasteiger partial charge on any atom is -0.504 e. The lowest BCUT2D eigenvalue weighted by Gasteiger charge is -2.34. The molecule has 1 aromatic heterocycles. The number of hydrogen-bond acceptors (Lipinski definition) is 14. The molecule has 65 heavy (non-hydrogen) atoms. The predicted octanol–water partition coefficient (Wildman–Crippen LogP) is 8.92. The number of aromatic amines is 1. The summed E-state index contributed by atoms with van der Waals surface area (Å²) in [5, 5.41) is 83.2. The molecule has 0 aliphatic carbocycles. The summed E-state index contributed by atoms with van der Waals surface area (Å²) in [6.45, 7) is 6.71. The van der Waals surface area contributed by atoms with E-state index in [1.165, 1.54) is 6.07 Å². The number of hydrogen-bond donors (Lipinski definition) is 8. The highest BCUT2D eigenvalue weighted by Gasteiger charge is 2.43. The van der Waals surface area contributed by atoms with Crippen molar-refractivity contribution in [3.05, 3.63) is 119 Å². The Hall–Kier alpha value is -7.75. The maximum atomic E-state index is 14.6. The highest BCUT2D eigenvalue weighted by atomic mass is 16.5. The van der Waals surface area contributed by atoms with Gasteiger partial charge in [0, 0.05) is 16.8 Å². The number of carboxylic acid groups (broad SMARTS) is 1. The summed E-state index contributed by atoms with van der Waals surface area (Å²) in [6, 6.07) is 21.4. The molecule has 0 saturated heterocycles. The van der Waals surface area contributed by atoms with E-state index >= 15 is 0 Å². The molecule has 0 fully saturated rings. The van der Waals surface area contributed by atoms with Gasteiger partial charge in [0.15, 0.2) is 51.4 Å². The lowest BCUT2D eigenvalue weighted by Crippen LogP contribution is -2.45. The second kappa shape index (κ2) is 19.3. The second-order valence-electron chi connectivity index (χ2n) is 15.7. The number of ether oxygens (including phenoxy) is 3. The summed E-state index contributed by atoms with van der Waals surface area (Å²) in [4.78, 5) is 54.1. The fourth-order valence-corrected chi connectivity index (χ4v) is 7.92. The number of ketones is 2. The van der Waals surface area contributed by atoms with E-state index in [4.69, 9.17) is 14.2 Å². The third-order valence-corrected chi connectivity index (χ3v) is 11.4. The van der Waals surface area contributed by atoms with E-state index in [-0.39, 0.29) is 42.5 Å². The molecule has 0 aliphatic rings. The molecule has 2 unspecified atom stereocenters. The topological polar surface area (TPSA) is 266 Å². The zero-order valence-electron chi connectivity index (χ0n) is 36.2. The molecule has 2 atom stereocenters. The number of phenols is 6. The average Bonchev–Trinajstić information content (AvgIpc) is 3.78. The molecule has 0 radical (unpaired) electrons. The largest absolute Gasteiger partial charge is 0.504 e. The number of aromatic hydroxyl groups is 6. The maximum absolute atomic E-state index is 14.6. The van der Waals surface area contributed by atoms with E-state index in [2.05, 4.69) is 10.2 Å². The number of aromatic nitrogens is 2. The van der Waals surface area contributed by atoms with Gasteiger partial charge in [-0.1, -0.05) is 83.0 Å². The van der Waals surface area contributed by atoms with Crippen molar-refractivity contribution >= 4 is 34.3 Å². The van der Waals surface area contributed by atoms with Gasteiger partial charge in [-0.2, -0.15) is 5.10 Å². The van der Waals surface area contributed by atoms with Crippen molar-refractivity contribution in [3.8, 4) is 51.7 Å². The van der Waals surface area contributed by atoms with Gasteiger partial charge in [0.05, 0.1) is 5.56 Å². The van der Waals surface area contributed by atoms with Crippen molar-refractivity contribution in [2.24, 2.45) is 0 Å². The fourth-order valence-electron chi connectivity index (χ4n) is 7.92. The lowest BCUT2D eigenvalue weighted by atomic mass is 9.84. The molecule has 6 aromatic rings. The van der Waals surface area contributed by atoms with Crippen LogP contribution in [-0.2, 0) is 12.8 Å². The van der Waals surface area contributed by atoms with Gasteiger partial charge in [0.2, 0.25) is 28.8 Å². The molecular formula is C49H50N2O14. The minimum absolute atomic E-state index is 0.00712. The van der Waals surface area contributed by atoms with Crippen molar-refractivity contribution < 1.29 is 69.1 Å². The smallest absolute Gasteiger partial charge is 0.364 e. The molecule has 5 aromatic carbocycles. The molecule has 1 heterocycles. The quantitative estimate of drug-likeness (QED) is 0.0154. The number of aryl methyl sites for hydroxylation is 2. The number of rotatable bonds is 20. The van der Waals surface area contributed by atoms with Crippen LogP contribution in [0, 0.1) is 0 Å². The number of carbonyl (C=O) groups excluding carboxylic acids is 3. The first kappa shape index (κ1) is 46.7. The third kappa shape index (κ3) is 9.61. The molecule has 0 amide bonds. The van der Waals surface area contributed by atoms with Gasteiger partial charge in [-0.05, 0) is 97.3 Å². The van der Waals surface area contributed by atoms with Crippen molar-refractivity contribution in [1.82, 2.24) is 10.2 Å². The molecule has 16 nitrogen and oxygen atoms in total. The van der Waals surface area contributed by atoms with Crippen molar-refractivity contribution in [3.63, 3.8) is 0 Å². The van der Waals surface area contributed by atoms with Crippen molar-refractivity contribution in [2.75, 3.05) is 0 Å². The Bertz CT molecular complexity index is 2770. The number of benzene rings is 5. The summed E-state index contributed by atoms with van der Waals surface area (Å²) in [5.41, 5.74) is -3.01. The monoisotopic (exact) mass is 890 g/mol. The van der Waals surface area contributed by atoms with E-state index in [1.54, 1.807) is 27.7 Å². The van der Waals surface area contributed by atoms with Gasteiger partial charge in [-0.15, -0.1) is 0 Å². The zero-order valence-corrected chi connectivity index (χ0v) is 36.2. The van der Waals surface area contributed by atoms with Crippen molar-refractivity contribution in [2.45, 2.75) is 90.3 Å². The Kier molecular flexibility index (Phi) is 13.9. The first-order valence-electron chi connectivity index (χ1n) is 21.1. The molecule has 0 saturated carbocycles. The van der Waals surface area contributed by atoms with E-state index in [0.717, 1.165) is 52.7 Å². The van der Waals surface area contributed by atoms with Gasteiger partial charge in [-0.25, -0.2) is 9.59 Å². The van der Waals surface area contributed by atoms with Crippen LogP contribution in [-0.4, -0.2) is 80.7 Å².